The lowest BCUT2D eigenvalue weighted by atomic mass is 9.74. The molecular weight excluding hydrogens is 548 g/mol. The Morgan fingerprint density at radius 3 is 2.49 bits per heavy atom. The first-order valence-electron chi connectivity index (χ1n) is 13.4. The second kappa shape index (κ2) is 11.2. The summed E-state index contributed by atoms with van der Waals surface area (Å²) in [4.78, 5) is 57.8. The van der Waals surface area contributed by atoms with E-state index in [1.54, 1.807) is 0 Å². The second-order valence-electron chi connectivity index (χ2n) is 11.5. The van der Waals surface area contributed by atoms with E-state index in [0.717, 1.165) is 31.7 Å². The summed E-state index contributed by atoms with van der Waals surface area (Å²) in [5.74, 6) is -4.26. The number of hydrogen-bond donors (Lipinski definition) is 1. The average Bonchev–Trinajstić information content (AvgIpc) is 2.89. The zero-order chi connectivity index (χ0) is 30.3. The molecule has 1 saturated carbocycles. The second-order valence-corrected chi connectivity index (χ2v) is 11.5. The van der Waals surface area contributed by atoms with E-state index in [9.17, 15) is 36.7 Å². The van der Waals surface area contributed by atoms with Gasteiger partial charge in [0.25, 0.3) is 11.6 Å². The number of H-pyrrole nitrogens is 1. The highest BCUT2D eigenvalue weighted by Crippen LogP contribution is 2.37. The van der Waals surface area contributed by atoms with Gasteiger partial charge in [0.1, 0.15) is 17.2 Å². The van der Waals surface area contributed by atoms with Crippen molar-refractivity contribution in [2.75, 3.05) is 19.6 Å². The van der Waals surface area contributed by atoms with Crippen LogP contribution in [0.15, 0.2) is 23.0 Å². The van der Waals surface area contributed by atoms with Crippen LogP contribution in [0.2, 0.25) is 0 Å². The molecule has 0 spiro atoms. The fourth-order valence-corrected chi connectivity index (χ4v) is 5.58. The van der Waals surface area contributed by atoms with Crippen LogP contribution in [0.3, 0.4) is 0 Å². The minimum Gasteiger partial charge on any atom is -0.336 e. The number of carbonyl (C=O) groups excluding carboxylic acids is 3. The Balaban J connectivity index is 1.55. The molecule has 1 aromatic heterocycles. The predicted molar refractivity (Wildman–Crippen MR) is 137 cm³/mol. The summed E-state index contributed by atoms with van der Waals surface area (Å²) in [6, 6.07) is 3.72. The quantitative estimate of drug-likeness (QED) is 0.432. The van der Waals surface area contributed by atoms with E-state index in [2.05, 4.69) is 23.8 Å². The van der Waals surface area contributed by atoms with Crippen LogP contribution in [0.4, 0.5) is 17.6 Å². The van der Waals surface area contributed by atoms with Crippen LogP contribution < -0.4 is 15.2 Å². The van der Waals surface area contributed by atoms with Gasteiger partial charge in [-0.15, -0.1) is 0 Å². The van der Waals surface area contributed by atoms with Crippen molar-refractivity contribution in [1.82, 2.24) is 14.9 Å². The average molecular weight is 582 g/mol. The lowest BCUT2D eigenvalue weighted by Crippen LogP contribution is -2.58. The third kappa shape index (κ3) is 6.59. The van der Waals surface area contributed by atoms with E-state index < -0.39 is 29.4 Å². The number of amides is 2. The van der Waals surface area contributed by atoms with Crippen molar-refractivity contribution >= 4 is 17.8 Å². The van der Waals surface area contributed by atoms with Gasteiger partial charge in [-0.25, -0.2) is 9.18 Å². The summed E-state index contributed by atoms with van der Waals surface area (Å²) < 4.78 is 53.4. The van der Waals surface area contributed by atoms with E-state index in [-0.39, 0.29) is 59.3 Å². The van der Waals surface area contributed by atoms with Gasteiger partial charge in [0.15, 0.2) is 0 Å². The number of piperazine rings is 1. The molecule has 1 atom stereocenters. The number of nitrogens with zero attached hydrogens (tertiary/aromatic N) is 3. The molecule has 2 amide bonds. The van der Waals surface area contributed by atoms with E-state index in [4.69, 9.17) is 0 Å². The number of alkyl halides is 3. The predicted octanol–water partition coefficient (Wildman–Crippen LogP) is 2.78. The molecule has 1 aliphatic heterocycles. The molecule has 2 fully saturated rings. The topological polar surface area (TPSA) is 104 Å². The smallest absolute Gasteiger partial charge is 0.336 e. The highest BCUT2D eigenvalue weighted by atomic mass is 19.4. The van der Waals surface area contributed by atoms with Crippen LogP contribution in [0.1, 0.15) is 72.3 Å². The fourth-order valence-electron chi connectivity index (χ4n) is 5.58. The Kier molecular flexibility index (Phi) is 8.28. The standard InChI is InChI=1S/C28H32F4N4O5/c1-16-17(2)24(38)33-36(41-26(40)28(30,31)32)22(16)13-18-7-8-21(29)20(12-18)25(39)34-10-11-35(23(37)15-34)19-6-5-9-27(3,4)14-19/h7-8,12,19H,5-6,9-11,13-15H2,1-4H3/p+1. The Morgan fingerprint density at radius 2 is 1.85 bits per heavy atom. The van der Waals surface area contributed by atoms with Gasteiger partial charge < -0.3 is 9.80 Å². The lowest BCUT2D eigenvalue weighted by molar-refractivity contribution is -0.921. The summed E-state index contributed by atoms with van der Waals surface area (Å²) in [6.07, 6.45) is -1.63. The molecule has 222 valence electrons. The molecular formula is C28H33F4N4O5+. The summed E-state index contributed by atoms with van der Waals surface area (Å²) in [5.41, 5.74) is -0.230. The molecule has 13 heteroatoms. The van der Waals surface area contributed by atoms with Crippen molar-refractivity contribution < 1.29 is 41.6 Å². The number of nitrogens with one attached hydrogen (secondary N) is 1. The molecule has 4 rings (SSSR count). The Bertz CT molecular complexity index is 1440. The van der Waals surface area contributed by atoms with Gasteiger partial charge in [-0.1, -0.05) is 31.4 Å². The molecule has 41 heavy (non-hydrogen) atoms. The van der Waals surface area contributed by atoms with Gasteiger partial charge in [0, 0.05) is 30.3 Å². The molecule has 2 aliphatic rings. The monoisotopic (exact) mass is 581 g/mol. The number of halogens is 4. The van der Waals surface area contributed by atoms with Crippen LogP contribution in [0.5, 0.6) is 0 Å². The van der Waals surface area contributed by atoms with E-state index >= 15 is 0 Å². The van der Waals surface area contributed by atoms with E-state index in [1.165, 1.54) is 30.9 Å². The SMILES string of the molecule is Cc1c(C)c(=O)[nH][n+](OC(=O)C(F)(F)F)c1Cc1ccc(F)c(C(=O)N2CCN(C3CCCC(C)(C)C3)C(=O)C2)c1. The molecule has 1 unspecified atom stereocenters. The number of carbonyl (C=O) groups is 3. The van der Waals surface area contributed by atoms with Crippen molar-refractivity contribution in [3.8, 4) is 0 Å². The van der Waals surface area contributed by atoms with E-state index in [0.29, 0.717) is 17.0 Å². The van der Waals surface area contributed by atoms with Crippen LogP contribution in [0.25, 0.3) is 0 Å². The maximum Gasteiger partial charge on any atom is 0.498 e. The van der Waals surface area contributed by atoms with Crippen LogP contribution in [-0.4, -0.2) is 64.5 Å². The van der Waals surface area contributed by atoms with Crippen molar-refractivity contribution in [2.24, 2.45) is 5.41 Å². The van der Waals surface area contributed by atoms with Crippen molar-refractivity contribution in [1.29, 1.82) is 0 Å². The zero-order valence-electron chi connectivity index (χ0n) is 23.4. The first-order chi connectivity index (χ1) is 19.1. The van der Waals surface area contributed by atoms with Gasteiger partial charge in [-0.05, 0) is 56.2 Å². The first kappa shape index (κ1) is 30.2. The van der Waals surface area contributed by atoms with Gasteiger partial charge in [0.05, 0.1) is 12.0 Å². The molecule has 1 aliphatic carbocycles. The Hall–Kier alpha value is -3.77. The highest BCUT2D eigenvalue weighted by Gasteiger charge is 2.46. The Morgan fingerprint density at radius 1 is 1.15 bits per heavy atom. The van der Waals surface area contributed by atoms with Crippen molar-refractivity contribution in [3.63, 3.8) is 0 Å². The normalized spacial score (nSPS) is 19.3. The minimum absolute atomic E-state index is 0.0103. The number of aromatic amines is 1. The number of benzene rings is 1. The Labute approximate surface area is 234 Å². The molecule has 0 radical (unpaired) electrons. The number of hydrogen-bond acceptors (Lipinski definition) is 5. The van der Waals surface area contributed by atoms with Gasteiger partial charge in [-0.2, -0.15) is 18.0 Å². The molecule has 2 heterocycles. The molecule has 2 aromatic rings. The van der Waals surface area contributed by atoms with E-state index in [1.807, 2.05) is 4.90 Å². The lowest BCUT2D eigenvalue weighted by Gasteiger charge is -2.44. The van der Waals surface area contributed by atoms with Gasteiger partial charge in [-0.3, -0.25) is 14.4 Å². The number of aromatic nitrogens is 2. The third-order valence-corrected chi connectivity index (χ3v) is 7.99. The number of rotatable bonds is 5. The molecule has 1 aromatic carbocycles. The molecule has 9 nitrogen and oxygen atoms in total. The fraction of sp³-hybridized carbons (Fsp3) is 0.536. The molecule has 1 N–H and O–H groups in total. The largest absolute Gasteiger partial charge is 0.498 e. The van der Waals surface area contributed by atoms with Gasteiger partial charge >= 0.3 is 17.7 Å². The summed E-state index contributed by atoms with van der Waals surface area (Å²) >= 11 is 0. The summed E-state index contributed by atoms with van der Waals surface area (Å²) in [7, 11) is 0. The highest BCUT2D eigenvalue weighted by molar-refractivity contribution is 5.97. The maximum atomic E-state index is 14.9. The van der Waals surface area contributed by atoms with Crippen LogP contribution in [-0.2, 0) is 16.0 Å². The summed E-state index contributed by atoms with van der Waals surface area (Å²) in [6.45, 7) is 7.65. The summed E-state index contributed by atoms with van der Waals surface area (Å²) in [5, 5.41) is 2.08. The minimum atomic E-state index is -5.32. The van der Waals surface area contributed by atoms with Crippen LogP contribution in [0, 0.1) is 25.1 Å². The maximum absolute atomic E-state index is 14.9. The first-order valence-corrected chi connectivity index (χ1v) is 13.4. The van der Waals surface area contributed by atoms with Crippen molar-refractivity contribution in [2.45, 2.75) is 72.0 Å². The molecule has 0 bridgehead atoms. The third-order valence-electron chi connectivity index (χ3n) is 7.99. The molecule has 1 saturated heterocycles. The van der Waals surface area contributed by atoms with Crippen molar-refractivity contribution in [3.05, 3.63) is 62.3 Å². The zero-order valence-corrected chi connectivity index (χ0v) is 23.4. The van der Waals surface area contributed by atoms with Crippen LogP contribution >= 0.6 is 0 Å². The van der Waals surface area contributed by atoms with Gasteiger partial charge in [0.2, 0.25) is 5.91 Å².